The highest BCUT2D eigenvalue weighted by molar-refractivity contribution is 6.03. The second kappa shape index (κ2) is 9.84. The van der Waals surface area contributed by atoms with E-state index in [-0.39, 0.29) is 35.2 Å². The molecule has 0 aliphatic carbocycles. The lowest BCUT2D eigenvalue weighted by molar-refractivity contribution is -0.131. The van der Waals surface area contributed by atoms with Gasteiger partial charge in [-0.1, -0.05) is 48.5 Å². The molecule has 1 heterocycles. The van der Waals surface area contributed by atoms with Gasteiger partial charge >= 0.3 is 0 Å². The van der Waals surface area contributed by atoms with Gasteiger partial charge in [-0.05, 0) is 83.6 Å². The summed E-state index contributed by atoms with van der Waals surface area (Å²) >= 11 is 0. The number of aromatic hydroxyl groups is 2. The predicted octanol–water partition coefficient (Wildman–Crippen LogP) is 6.12. The lowest BCUT2D eigenvalue weighted by Crippen LogP contribution is -2.55. The zero-order valence-corrected chi connectivity index (χ0v) is 19.5. The Labute approximate surface area is 208 Å². The molecule has 6 heteroatoms. The molecule has 0 aromatic heterocycles. The van der Waals surface area contributed by atoms with Crippen LogP contribution in [-0.4, -0.2) is 21.2 Å². The Hall–Kier alpha value is -4.16. The van der Waals surface area contributed by atoms with Crippen molar-refractivity contribution in [3.8, 4) is 22.6 Å². The number of hydrogen-bond acceptors (Lipinski definition) is 4. The maximum Gasteiger partial charge on any atom is 0.233 e. The molecule has 5 nitrogen and oxygen atoms in total. The molecule has 1 amide bonds. The molecule has 1 saturated heterocycles. The van der Waals surface area contributed by atoms with E-state index >= 15 is 0 Å². The number of rotatable bonds is 7. The van der Waals surface area contributed by atoms with Crippen molar-refractivity contribution in [3.63, 3.8) is 0 Å². The van der Waals surface area contributed by atoms with E-state index in [0.717, 1.165) is 22.4 Å². The molecule has 0 unspecified atom stereocenters. The minimum absolute atomic E-state index is 0.0308. The number of carbonyl (C=O) groups is 1. The van der Waals surface area contributed by atoms with Gasteiger partial charge in [-0.25, -0.2) is 4.39 Å². The number of phenolic OH excluding ortho intramolecular Hbond substituents is 2. The van der Waals surface area contributed by atoms with Crippen LogP contribution < -0.4 is 4.90 Å². The van der Waals surface area contributed by atoms with Gasteiger partial charge in [0.2, 0.25) is 5.91 Å². The summed E-state index contributed by atoms with van der Waals surface area (Å²) in [5, 5.41) is 29.9. The molecule has 3 N–H and O–H groups in total. The molecular formula is C30H26FNO4. The molecule has 4 aromatic carbocycles. The van der Waals surface area contributed by atoms with Crippen molar-refractivity contribution in [2.45, 2.75) is 25.0 Å². The summed E-state index contributed by atoms with van der Waals surface area (Å²) in [4.78, 5) is 15.1. The molecule has 0 spiro atoms. The SMILES string of the molecule is O=C1[C@H](CC[C@H](O)c2ccc(F)cc2)[C@@H](c2ccc(O)cc2)N1c1ccc(-c2ccc(O)cc2)cc1. The van der Waals surface area contributed by atoms with Gasteiger partial charge in [-0.15, -0.1) is 0 Å². The van der Waals surface area contributed by atoms with Crippen LogP contribution in [0.1, 0.15) is 36.1 Å². The molecule has 0 saturated carbocycles. The number of phenols is 2. The second-order valence-electron chi connectivity index (χ2n) is 9.09. The molecule has 0 bridgehead atoms. The van der Waals surface area contributed by atoms with Gasteiger partial charge in [-0.3, -0.25) is 4.79 Å². The average Bonchev–Trinajstić information content (AvgIpc) is 2.89. The Bertz CT molecular complexity index is 1340. The zero-order chi connectivity index (χ0) is 25.2. The van der Waals surface area contributed by atoms with E-state index in [1.54, 1.807) is 41.3 Å². The van der Waals surface area contributed by atoms with Crippen LogP contribution in [0.3, 0.4) is 0 Å². The Morgan fingerprint density at radius 2 is 1.28 bits per heavy atom. The minimum atomic E-state index is -0.794. The monoisotopic (exact) mass is 483 g/mol. The van der Waals surface area contributed by atoms with E-state index in [4.69, 9.17) is 0 Å². The summed E-state index contributed by atoms with van der Waals surface area (Å²) in [6, 6.07) is 27.0. The van der Waals surface area contributed by atoms with Crippen LogP contribution >= 0.6 is 0 Å². The summed E-state index contributed by atoms with van der Waals surface area (Å²) in [5.41, 5.74) is 4.20. The molecule has 4 aromatic rings. The van der Waals surface area contributed by atoms with Crippen molar-refractivity contribution < 1.29 is 24.5 Å². The maximum absolute atomic E-state index is 13.3. The Kier molecular flexibility index (Phi) is 6.44. The number of benzene rings is 4. The van der Waals surface area contributed by atoms with Crippen LogP contribution in [0.2, 0.25) is 0 Å². The van der Waals surface area contributed by atoms with Gasteiger partial charge in [0.1, 0.15) is 17.3 Å². The first-order chi connectivity index (χ1) is 17.4. The summed E-state index contributed by atoms with van der Waals surface area (Å²) < 4.78 is 13.2. The van der Waals surface area contributed by atoms with Crippen molar-refractivity contribution in [2.24, 2.45) is 5.92 Å². The molecule has 1 fully saturated rings. The number of β-lactam (4-membered cyclic amide) rings is 1. The van der Waals surface area contributed by atoms with Crippen LogP contribution in [0.15, 0.2) is 97.1 Å². The molecular weight excluding hydrogens is 457 g/mol. The largest absolute Gasteiger partial charge is 0.508 e. The molecule has 36 heavy (non-hydrogen) atoms. The molecule has 3 atom stereocenters. The van der Waals surface area contributed by atoms with E-state index in [1.807, 2.05) is 48.5 Å². The fourth-order valence-corrected chi connectivity index (χ4v) is 4.83. The molecule has 0 radical (unpaired) electrons. The van der Waals surface area contributed by atoms with Gasteiger partial charge < -0.3 is 20.2 Å². The molecule has 1 aliphatic rings. The van der Waals surface area contributed by atoms with E-state index in [9.17, 15) is 24.5 Å². The highest BCUT2D eigenvalue weighted by Crippen LogP contribution is 2.46. The summed E-state index contributed by atoms with van der Waals surface area (Å²) in [6.07, 6.45) is 0.0347. The van der Waals surface area contributed by atoms with Crippen LogP contribution in [0.25, 0.3) is 11.1 Å². The summed E-state index contributed by atoms with van der Waals surface area (Å²) in [6.45, 7) is 0. The van der Waals surface area contributed by atoms with Crippen LogP contribution in [0, 0.1) is 11.7 Å². The van der Waals surface area contributed by atoms with Crippen molar-refractivity contribution in [1.82, 2.24) is 0 Å². The van der Waals surface area contributed by atoms with Gasteiger partial charge in [-0.2, -0.15) is 0 Å². The zero-order valence-electron chi connectivity index (χ0n) is 19.5. The number of anilines is 1. The average molecular weight is 484 g/mol. The Balaban J connectivity index is 1.37. The van der Waals surface area contributed by atoms with Crippen molar-refractivity contribution in [3.05, 3.63) is 114 Å². The van der Waals surface area contributed by atoms with Crippen LogP contribution in [-0.2, 0) is 4.79 Å². The number of nitrogens with zero attached hydrogens (tertiary/aromatic N) is 1. The van der Waals surface area contributed by atoms with Crippen LogP contribution in [0.5, 0.6) is 11.5 Å². The van der Waals surface area contributed by atoms with E-state index in [2.05, 4.69) is 0 Å². The van der Waals surface area contributed by atoms with E-state index < -0.39 is 6.10 Å². The standard InChI is InChI=1S/C30H26FNO4/c31-23-9-1-21(2-10-23)28(35)18-17-27-29(22-7-15-26(34)16-8-22)32(30(27)36)24-11-3-19(4-12-24)20-5-13-25(33)14-6-20/h1-16,27-29,33-35H,17-18H2/t27-,28+,29-/m1/s1. The fourth-order valence-electron chi connectivity index (χ4n) is 4.83. The number of hydrogen-bond donors (Lipinski definition) is 3. The second-order valence-corrected chi connectivity index (χ2v) is 9.09. The van der Waals surface area contributed by atoms with Crippen molar-refractivity contribution in [1.29, 1.82) is 0 Å². The summed E-state index contributed by atoms with van der Waals surface area (Å²) in [7, 11) is 0. The van der Waals surface area contributed by atoms with Gasteiger partial charge in [0, 0.05) is 5.69 Å². The third-order valence-corrected chi connectivity index (χ3v) is 6.80. The number of amides is 1. The van der Waals surface area contributed by atoms with Crippen molar-refractivity contribution >= 4 is 11.6 Å². The van der Waals surface area contributed by atoms with Gasteiger partial charge in [0.15, 0.2) is 0 Å². The number of carbonyl (C=O) groups excluding carboxylic acids is 1. The molecule has 1 aliphatic heterocycles. The normalized spacial score (nSPS) is 18.1. The quantitative estimate of drug-likeness (QED) is 0.277. The van der Waals surface area contributed by atoms with Gasteiger partial charge in [0.25, 0.3) is 0 Å². The lowest BCUT2D eigenvalue weighted by atomic mass is 9.78. The summed E-state index contributed by atoms with van der Waals surface area (Å²) in [5.74, 6) is -0.371. The van der Waals surface area contributed by atoms with E-state index in [1.165, 1.54) is 12.1 Å². The number of aliphatic hydroxyl groups excluding tert-OH is 1. The number of aliphatic hydroxyl groups is 1. The number of halogens is 1. The Morgan fingerprint density at radius 1 is 0.750 bits per heavy atom. The fraction of sp³-hybridized carbons (Fsp3) is 0.167. The first-order valence-corrected chi connectivity index (χ1v) is 11.9. The highest BCUT2D eigenvalue weighted by Gasteiger charge is 2.48. The molecule has 182 valence electrons. The third-order valence-electron chi connectivity index (χ3n) is 6.80. The molecule has 5 rings (SSSR count). The maximum atomic E-state index is 13.3. The smallest absolute Gasteiger partial charge is 0.233 e. The third kappa shape index (κ3) is 4.68. The lowest BCUT2D eigenvalue weighted by Gasteiger charge is -2.48. The topological polar surface area (TPSA) is 81.0 Å². The highest BCUT2D eigenvalue weighted by atomic mass is 19.1. The van der Waals surface area contributed by atoms with Crippen molar-refractivity contribution in [2.75, 3.05) is 4.90 Å². The first-order valence-electron chi connectivity index (χ1n) is 11.9. The Morgan fingerprint density at radius 3 is 1.86 bits per heavy atom. The van der Waals surface area contributed by atoms with Gasteiger partial charge in [0.05, 0.1) is 18.1 Å². The predicted molar refractivity (Wildman–Crippen MR) is 136 cm³/mol. The van der Waals surface area contributed by atoms with E-state index in [0.29, 0.717) is 18.4 Å². The van der Waals surface area contributed by atoms with Crippen LogP contribution in [0.4, 0.5) is 10.1 Å². The minimum Gasteiger partial charge on any atom is -0.508 e. The first kappa shape index (κ1) is 23.6.